The van der Waals surface area contributed by atoms with Crippen LogP contribution in [0.3, 0.4) is 0 Å². The molecule has 51 heavy (non-hydrogen) atoms. The molecular weight excluding hydrogens is 662 g/mol. The Kier molecular flexibility index (Phi) is 12.2. The lowest BCUT2D eigenvalue weighted by molar-refractivity contribution is -0.104. The van der Waals surface area contributed by atoms with Gasteiger partial charge in [-0.2, -0.15) is 0 Å². The molecule has 8 nitrogen and oxygen atoms in total. The minimum absolute atomic E-state index is 0.336. The lowest BCUT2D eigenvalue weighted by atomic mass is 10.1. The molecule has 4 aromatic carbocycles. The predicted molar refractivity (Wildman–Crippen MR) is 201 cm³/mol. The number of aldehydes is 1. The Labute approximate surface area is 304 Å². The number of pyridine rings is 1. The van der Waals surface area contributed by atoms with Crippen molar-refractivity contribution >= 4 is 23.6 Å². The van der Waals surface area contributed by atoms with Crippen molar-refractivity contribution in [2.75, 3.05) is 39.9 Å². The maximum absolute atomic E-state index is 11.7. The summed E-state index contributed by atoms with van der Waals surface area (Å²) in [5, 5.41) is 0.656. The number of rotatable bonds is 15. The van der Waals surface area contributed by atoms with E-state index in [1.165, 1.54) is 16.7 Å². The number of hydrogen-bond acceptors (Lipinski definition) is 8. The van der Waals surface area contributed by atoms with Gasteiger partial charge >= 0.3 is 0 Å². The van der Waals surface area contributed by atoms with E-state index in [0.29, 0.717) is 41.4 Å². The molecule has 0 spiro atoms. The van der Waals surface area contributed by atoms with Crippen molar-refractivity contribution in [3.05, 3.63) is 148 Å². The Morgan fingerprint density at radius 3 is 2.35 bits per heavy atom. The highest BCUT2D eigenvalue weighted by atomic mass is 35.5. The van der Waals surface area contributed by atoms with E-state index in [9.17, 15) is 4.79 Å². The number of benzene rings is 4. The molecule has 0 unspecified atom stereocenters. The fourth-order valence-corrected chi connectivity index (χ4v) is 6.16. The number of halogens is 1. The van der Waals surface area contributed by atoms with Gasteiger partial charge < -0.3 is 23.8 Å². The van der Waals surface area contributed by atoms with Crippen molar-refractivity contribution in [1.29, 1.82) is 0 Å². The molecule has 1 aliphatic rings. The molecule has 0 aliphatic carbocycles. The van der Waals surface area contributed by atoms with Gasteiger partial charge in [0.1, 0.15) is 24.4 Å². The molecule has 0 N–H and O–H groups in total. The van der Waals surface area contributed by atoms with Gasteiger partial charge in [-0.25, -0.2) is 4.98 Å². The van der Waals surface area contributed by atoms with Crippen molar-refractivity contribution in [3.8, 4) is 28.9 Å². The second kappa shape index (κ2) is 17.6. The molecule has 1 aliphatic heterocycles. The van der Waals surface area contributed by atoms with Gasteiger partial charge in [-0.1, -0.05) is 66.2 Å². The summed E-state index contributed by atoms with van der Waals surface area (Å²) >= 11 is 6.23. The van der Waals surface area contributed by atoms with E-state index in [1.807, 2.05) is 54.6 Å². The van der Waals surface area contributed by atoms with E-state index in [1.54, 1.807) is 31.5 Å². The standard InChI is InChI=1S/C42H42ClN3O5/c1-31-6-5-8-36(26-31)49-25-19-32-10-12-33(13-11-32)29-45-20-22-46(23-21-45)39(18-24-47)34-14-16-40(41(27-34)48-2)51-42-17-15-37(28-44-42)50-30-35-7-3-4-9-38(35)43/h3-18,24,26-28H,19-23,25,29-30H2,1-2H3/b39-18+. The number of aryl methyl sites for hydroxylation is 1. The topological polar surface area (TPSA) is 73.4 Å². The fraction of sp³-hybridized carbons (Fsp3) is 0.238. The first-order valence-electron chi connectivity index (χ1n) is 17.1. The molecule has 0 amide bonds. The maximum Gasteiger partial charge on any atom is 0.219 e. The second-order valence-corrected chi connectivity index (χ2v) is 12.8. The molecule has 1 saturated heterocycles. The van der Waals surface area contributed by atoms with Crippen LogP contribution in [0.2, 0.25) is 5.02 Å². The van der Waals surface area contributed by atoms with Gasteiger partial charge in [-0.3, -0.25) is 9.69 Å². The lowest BCUT2D eigenvalue weighted by Crippen LogP contribution is -2.44. The summed E-state index contributed by atoms with van der Waals surface area (Å²) < 4.78 is 23.5. The van der Waals surface area contributed by atoms with Crippen molar-refractivity contribution in [2.24, 2.45) is 0 Å². The number of carbonyl (C=O) groups is 1. The normalized spacial score (nSPS) is 13.5. The molecule has 0 atom stereocenters. The summed E-state index contributed by atoms with van der Waals surface area (Å²) in [5.74, 6) is 2.96. The zero-order valence-corrected chi connectivity index (χ0v) is 29.7. The number of hydrogen-bond donors (Lipinski definition) is 0. The van der Waals surface area contributed by atoms with E-state index >= 15 is 0 Å². The van der Waals surface area contributed by atoms with Gasteiger partial charge in [0.2, 0.25) is 5.88 Å². The van der Waals surface area contributed by atoms with Gasteiger partial charge in [-0.15, -0.1) is 0 Å². The maximum atomic E-state index is 11.7. The number of allylic oxidation sites excluding steroid dienone is 1. The summed E-state index contributed by atoms with van der Waals surface area (Å²) in [5.41, 5.74) is 6.36. The smallest absolute Gasteiger partial charge is 0.219 e. The summed E-state index contributed by atoms with van der Waals surface area (Å²) in [6.45, 7) is 7.28. The summed E-state index contributed by atoms with van der Waals surface area (Å²) in [6.07, 6.45) is 4.93. The van der Waals surface area contributed by atoms with Gasteiger partial charge in [0.05, 0.1) is 19.9 Å². The highest BCUT2D eigenvalue weighted by Crippen LogP contribution is 2.35. The summed E-state index contributed by atoms with van der Waals surface area (Å²) in [7, 11) is 1.60. The zero-order valence-electron chi connectivity index (χ0n) is 29.0. The molecule has 0 bridgehead atoms. The molecule has 0 radical (unpaired) electrons. The zero-order chi connectivity index (χ0) is 35.4. The van der Waals surface area contributed by atoms with Crippen LogP contribution in [0.1, 0.15) is 27.8 Å². The third kappa shape index (κ3) is 9.90. The quantitative estimate of drug-likeness (QED) is 0.0795. The lowest BCUT2D eigenvalue weighted by Gasteiger charge is -2.37. The molecule has 0 saturated carbocycles. The highest BCUT2D eigenvalue weighted by molar-refractivity contribution is 6.31. The van der Waals surface area contributed by atoms with Crippen molar-refractivity contribution < 1.29 is 23.7 Å². The first-order chi connectivity index (χ1) is 25.0. The Morgan fingerprint density at radius 1 is 0.824 bits per heavy atom. The Balaban J connectivity index is 1.00. The van der Waals surface area contributed by atoms with Crippen LogP contribution in [-0.4, -0.2) is 61.0 Å². The molecule has 5 aromatic rings. The van der Waals surface area contributed by atoms with E-state index in [-0.39, 0.29) is 0 Å². The first-order valence-corrected chi connectivity index (χ1v) is 17.4. The Hall–Kier alpha value is -5.31. The largest absolute Gasteiger partial charge is 0.493 e. The highest BCUT2D eigenvalue weighted by Gasteiger charge is 2.21. The third-order valence-electron chi connectivity index (χ3n) is 8.75. The van der Waals surface area contributed by atoms with Gasteiger partial charge in [-0.05, 0) is 66.1 Å². The average Bonchev–Trinajstić information content (AvgIpc) is 3.15. The second-order valence-electron chi connectivity index (χ2n) is 12.4. The summed E-state index contributed by atoms with van der Waals surface area (Å²) in [6, 6.07) is 33.7. The number of methoxy groups -OCH3 is 1. The first kappa shape index (κ1) is 35.5. The van der Waals surface area contributed by atoms with Crippen LogP contribution in [0.15, 0.2) is 115 Å². The number of ether oxygens (including phenoxy) is 4. The molecule has 262 valence electrons. The van der Waals surface area contributed by atoms with E-state index in [0.717, 1.165) is 68.0 Å². The number of carbonyl (C=O) groups excluding carboxylic acids is 1. The van der Waals surface area contributed by atoms with Crippen LogP contribution < -0.4 is 18.9 Å². The monoisotopic (exact) mass is 703 g/mol. The van der Waals surface area contributed by atoms with E-state index in [2.05, 4.69) is 58.1 Å². The Bertz CT molecular complexity index is 1920. The minimum Gasteiger partial charge on any atom is -0.493 e. The van der Waals surface area contributed by atoms with Crippen LogP contribution >= 0.6 is 11.6 Å². The molecule has 1 fully saturated rings. The molecule has 6 rings (SSSR count). The van der Waals surface area contributed by atoms with Gasteiger partial charge in [0, 0.05) is 73.1 Å². The van der Waals surface area contributed by atoms with Crippen molar-refractivity contribution in [3.63, 3.8) is 0 Å². The third-order valence-corrected chi connectivity index (χ3v) is 9.12. The fourth-order valence-electron chi connectivity index (χ4n) is 5.97. The molecule has 1 aromatic heterocycles. The Morgan fingerprint density at radius 2 is 1.63 bits per heavy atom. The number of piperazine rings is 1. The molecule has 2 heterocycles. The van der Waals surface area contributed by atoms with Crippen molar-refractivity contribution in [1.82, 2.24) is 14.8 Å². The molecular formula is C42H42ClN3O5. The van der Waals surface area contributed by atoms with E-state index in [4.69, 9.17) is 30.5 Å². The average molecular weight is 704 g/mol. The predicted octanol–water partition coefficient (Wildman–Crippen LogP) is 8.40. The molecule has 9 heteroatoms. The van der Waals surface area contributed by atoms with Gasteiger partial charge in [0.25, 0.3) is 0 Å². The van der Waals surface area contributed by atoms with Crippen LogP contribution in [0.4, 0.5) is 0 Å². The van der Waals surface area contributed by atoms with Crippen LogP contribution in [0.25, 0.3) is 5.70 Å². The number of aromatic nitrogens is 1. The van der Waals surface area contributed by atoms with Crippen LogP contribution in [-0.2, 0) is 24.4 Å². The van der Waals surface area contributed by atoms with Crippen LogP contribution in [0, 0.1) is 6.92 Å². The SMILES string of the molecule is COc1cc(/C(=C\C=O)N2CCN(Cc3ccc(CCOc4cccc(C)c4)cc3)CC2)ccc1Oc1ccc(OCc2ccccc2Cl)cn1. The van der Waals surface area contributed by atoms with Gasteiger partial charge in [0.15, 0.2) is 11.5 Å². The minimum atomic E-state index is 0.336. The summed E-state index contributed by atoms with van der Waals surface area (Å²) in [4.78, 5) is 20.8. The van der Waals surface area contributed by atoms with E-state index < -0.39 is 0 Å². The van der Waals surface area contributed by atoms with Crippen LogP contribution in [0.5, 0.6) is 28.9 Å². The number of nitrogens with zero attached hydrogens (tertiary/aromatic N) is 3. The van der Waals surface area contributed by atoms with Crippen molar-refractivity contribution in [2.45, 2.75) is 26.5 Å².